The highest BCUT2D eigenvalue weighted by atomic mass is 35.5. The molecular weight excluding hydrogens is 672 g/mol. The summed E-state index contributed by atoms with van der Waals surface area (Å²) >= 11 is 6.32. The number of fused-ring (bicyclic) bond motifs is 1. The van der Waals surface area contributed by atoms with Crippen LogP contribution in [0.5, 0.6) is 17.2 Å². The first-order valence-corrected chi connectivity index (χ1v) is 17.5. The van der Waals surface area contributed by atoms with E-state index in [2.05, 4.69) is 10.3 Å². The van der Waals surface area contributed by atoms with Crippen LogP contribution in [0.25, 0.3) is 22.0 Å². The second kappa shape index (κ2) is 15.9. The molecule has 1 aliphatic rings. The number of ether oxygens (including phenoxy) is 4. The summed E-state index contributed by atoms with van der Waals surface area (Å²) in [5.74, 6) is 0.982. The van der Waals surface area contributed by atoms with Crippen molar-refractivity contribution in [1.29, 1.82) is 0 Å². The highest BCUT2D eigenvalue weighted by Crippen LogP contribution is 2.37. The molecule has 6 rings (SSSR count). The van der Waals surface area contributed by atoms with Crippen molar-refractivity contribution in [2.45, 2.75) is 46.1 Å². The molecule has 5 aromatic rings. The second-order valence-corrected chi connectivity index (χ2v) is 13.2. The van der Waals surface area contributed by atoms with E-state index in [-0.39, 0.29) is 23.9 Å². The summed E-state index contributed by atoms with van der Waals surface area (Å²) in [6, 6.07) is 16.7. The number of benzene rings is 3. The monoisotopic (exact) mass is 714 g/mol. The number of aromatic amines is 1. The van der Waals surface area contributed by atoms with E-state index in [1.807, 2.05) is 68.4 Å². The van der Waals surface area contributed by atoms with E-state index in [4.69, 9.17) is 35.6 Å². The van der Waals surface area contributed by atoms with Crippen LogP contribution in [0.2, 0.25) is 5.02 Å². The fourth-order valence-electron chi connectivity index (χ4n) is 6.61. The summed E-state index contributed by atoms with van der Waals surface area (Å²) in [5, 5.41) is 19.6. The minimum Gasteiger partial charge on any atom is -0.497 e. The molecule has 0 saturated carbocycles. The van der Waals surface area contributed by atoms with Gasteiger partial charge in [0.2, 0.25) is 0 Å². The number of nitrogens with one attached hydrogen (secondary N) is 2. The zero-order valence-electron chi connectivity index (χ0n) is 29.3. The lowest BCUT2D eigenvalue weighted by Crippen LogP contribution is -2.32. The lowest BCUT2D eigenvalue weighted by molar-refractivity contribution is 0.0642. The number of hydrogen-bond donors (Lipinski definition) is 3. The maximum absolute atomic E-state index is 13.9. The van der Waals surface area contributed by atoms with Gasteiger partial charge < -0.3 is 34.4 Å². The molecule has 1 saturated heterocycles. The Morgan fingerprint density at radius 2 is 1.75 bits per heavy atom. The first kappa shape index (κ1) is 35.8. The Morgan fingerprint density at radius 3 is 2.43 bits per heavy atom. The van der Waals surface area contributed by atoms with E-state index in [0.29, 0.717) is 89.5 Å². The predicted molar refractivity (Wildman–Crippen MR) is 195 cm³/mol. The molecule has 0 aliphatic carbocycles. The van der Waals surface area contributed by atoms with Crippen molar-refractivity contribution in [1.82, 2.24) is 20.1 Å². The number of carboxylic acid groups (broad SMARTS) is 1. The number of carboxylic acids is 1. The van der Waals surface area contributed by atoms with Gasteiger partial charge in [0.1, 0.15) is 29.5 Å². The van der Waals surface area contributed by atoms with Crippen LogP contribution < -0.4 is 19.5 Å². The molecule has 3 N–H and O–H groups in total. The summed E-state index contributed by atoms with van der Waals surface area (Å²) in [4.78, 5) is 29.6. The van der Waals surface area contributed by atoms with Crippen LogP contribution >= 0.6 is 11.6 Å². The molecule has 3 heterocycles. The third-order valence-electron chi connectivity index (χ3n) is 9.38. The second-order valence-electron chi connectivity index (χ2n) is 12.9. The first-order chi connectivity index (χ1) is 24.6. The number of aromatic carboxylic acids is 1. The van der Waals surface area contributed by atoms with Crippen molar-refractivity contribution in [2.24, 2.45) is 13.0 Å². The Hall–Kier alpha value is -5.00. The summed E-state index contributed by atoms with van der Waals surface area (Å²) in [6.07, 6.45) is 2.78. The number of aromatic nitrogens is 3. The van der Waals surface area contributed by atoms with E-state index in [1.165, 1.54) is 0 Å². The molecule has 3 aromatic carbocycles. The first-order valence-electron chi connectivity index (χ1n) is 17.1. The fourth-order valence-corrected chi connectivity index (χ4v) is 6.72. The summed E-state index contributed by atoms with van der Waals surface area (Å²) in [5.41, 5.74) is 5.36. The SMILES string of the molecule is COc1ccc(OCc2c(-c3cccc4c(CCCOc5cc(C)c(Cl)c(C)c5)c(C(=O)O)[nH]c34)c(C(=O)NCC3CCOCC3)nn2C)cc1. The van der Waals surface area contributed by atoms with Gasteiger partial charge in [-0.25, -0.2) is 4.79 Å². The lowest BCUT2D eigenvalue weighted by atomic mass is 9.97. The van der Waals surface area contributed by atoms with Gasteiger partial charge in [0.15, 0.2) is 5.69 Å². The number of amides is 1. The van der Waals surface area contributed by atoms with Crippen molar-refractivity contribution in [3.63, 3.8) is 0 Å². The van der Waals surface area contributed by atoms with Gasteiger partial charge in [0.25, 0.3) is 5.91 Å². The van der Waals surface area contributed by atoms with Crippen molar-refractivity contribution in [2.75, 3.05) is 33.5 Å². The molecule has 1 fully saturated rings. The average Bonchev–Trinajstić information content (AvgIpc) is 3.68. The number of halogens is 1. The van der Waals surface area contributed by atoms with Crippen molar-refractivity contribution >= 4 is 34.4 Å². The summed E-state index contributed by atoms with van der Waals surface area (Å²) in [7, 11) is 3.38. The predicted octanol–water partition coefficient (Wildman–Crippen LogP) is 7.29. The standard InChI is InChI=1S/C39H43ClN4O7/c1-23-19-28(20-24(2)34(23)40)50-16-6-9-30-29-7-5-8-31(35(29)42-36(30)39(46)47)33-32(22-51-27-12-10-26(48-4)11-13-27)44(3)43-37(33)38(45)41-21-25-14-17-49-18-15-25/h5,7-8,10-13,19-20,25,42H,6,9,14-18,21-22H2,1-4H3,(H,41,45)(H,46,47). The zero-order valence-corrected chi connectivity index (χ0v) is 30.1. The molecule has 0 atom stereocenters. The molecule has 0 bridgehead atoms. The van der Waals surface area contributed by atoms with Crippen LogP contribution in [0.15, 0.2) is 54.6 Å². The number of H-pyrrole nitrogens is 1. The van der Waals surface area contributed by atoms with Gasteiger partial charge in [-0.15, -0.1) is 0 Å². The number of methoxy groups -OCH3 is 1. The number of carbonyl (C=O) groups excluding carboxylic acids is 1. The largest absolute Gasteiger partial charge is 0.497 e. The molecule has 2 aromatic heterocycles. The van der Waals surface area contributed by atoms with Crippen LogP contribution in [0.1, 0.15) is 62.6 Å². The number of nitrogens with zero attached hydrogens (tertiary/aromatic N) is 2. The molecule has 268 valence electrons. The van der Waals surface area contributed by atoms with Crippen LogP contribution in [0.3, 0.4) is 0 Å². The van der Waals surface area contributed by atoms with Crippen LogP contribution in [0, 0.1) is 19.8 Å². The maximum Gasteiger partial charge on any atom is 0.352 e. The van der Waals surface area contributed by atoms with Gasteiger partial charge in [-0.3, -0.25) is 9.48 Å². The van der Waals surface area contributed by atoms with E-state index in [0.717, 1.165) is 35.1 Å². The zero-order chi connectivity index (χ0) is 36.1. The van der Waals surface area contributed by atoms with Gasteiger partial charge in [-0.1, -0.05) is 29.8 Å². The topological polar surface area (TPSA) is 137 Å². The van der Waals surface area contributed by atoms with E-state index >= 15 is 0 Å². The Morgan fingerprint density at radius 1 is 1.04 bits per heavy atom. The number of rotatable bonds is 14. The molecule has 0 spiro atoms. The summed E-state index contributed by atoms with van der Waals surface area (Å²) < 4.78 is 24.7. The van der Waals surface area contributed by atoms with Gasteiger partial charge in [0.05, 0.1) is 24.9 Å². The van der Waals surface area contributed by atoms with Crippen molar-refractivity contribution in [3.8, 4) is 28.4 Å². The van der Waals surface area contributed by atoms with Crippen LogP contribution in [-0.2, 0) is 24.8 Å². The molecule has 1 amide bonds. The van der Waals surface area contributed by atoms with Crippen molar-refractivity contribution in [3.05, 3.63) is 93.4 Å². The molecule has 1 aliphatic heterocycles. The third-order valence-corrected chi connectivity index (χ3v) is 9.98. The average molecular weight is 715 g/mol. The van der Waals surface area contributed by atoms with E-state index in [1.54, 1.807) is 18.8 Å². The van der Waals surface area contributed by atoms with E-state index in [9.17, 15) is 14.7 Å². The Labute approximate surface area is 301 Å². The van der Waals surface area contributed by atoms with Gasteiger partial charge >= 0.3 is 5.97 Å². The van der Waals surface area contributed by atoms with Gasteiger partial charge in [0, 0.05) is 48.3 Å². The number of carbonyl (C=O) groups is 2. The van der Waals surface area contributed by atoms with Gasteiger partial charge in [-0.2, -0.15) is 5.10 Å². The lowest BCUT2D eigenvalue weighted by Gasteiger charge is -2.22. The smallest absolute Gasteiger partial charge is 0.352 e. The van der Waals surface area contributed by atoms with E-state index < -0.39 is 5.97 Å². The highest BCUT2D eigenvalue weighted by Gasteiger charge is 2.28. The van der Waals surface area contributed by atoms with Crippen LogP contribution in [-0.4, -0.2) is 65.2 Å². The minimum absolute atomic E-state index is 0.0982. The molecule has 51 heavy (non-hydrogen) atoms. The Kier molecular flexibility index (Phi) is 11.2. The Bertz CT molecular complexity index is 2010. The molecule has 0 unspecified atom stereocenters. The third kappa shape index (κ3) is 8.00. The fraction of sp³-hybridized carbons (Fsp3) is 0.359. The number of hydrogen-bond acceptors (Lipinski definition) is 7. The number of para-hydroxylation sites is 1. The molecule has 11 nitrogen and oxygen atoms in total. The maximum atomic E-state index is 13.9. The highest BCUT2D eigenvalue weighted by molar-refractivity contribution is 6.32. The quantitative estimate of drug-likeness (QED) is 0.102. The van der Waals surface area contributed by atoms with Crippen molar-refractivity contribution < 1.29 is 33.6 Å². The molecule has 0 radical (unpaired) electrons. The van der Waals surface area contributed by atoms with Gasteiger partial charge in [-0.05, 0) is 98.5 Å². The Balaban J connectivity index is 1.33. The number of aryl methyl sites for hydroxylation is 4. The molecule has 12 heteroatoms. The summed E-state index contributed by atoms with van der Waals surface area (Å²) in [6.45, 7) is 6.23. The normalized spacial score (nSPS) is 13.4. The molecular formula is C39H43ClN4O7. The minimum atomic E-state index is -1.07. The van der Waals surface area contributed by atoms with Crippen LogP contribution in [0.4, 0.5) is 0 Å².